The first kappa shape index (κ1) is 30.3. The molecule has 7 heteroatoms. The molecule has 5 N–H and O–H groups in total. The lowest BCUT2D eigenvalue weighted by Gasteiger charge is -2.42. The molecule has 0 aromatic rings. The summed E-state index contributed by atoms with van der Waals surface area (Å²) in [5.41, 5.74) is 7.57. The van der Waals surface area contributed by atoms with Gasteiger partial charge in [0.25, 0.3) is 0 Å². The van der Waals surface area contributed by atoms with Crippen molar-refractivity contribution in [2.24, 2.45) is 34.3 Å². The first-order valence-corrected chi connectivity index (χ1v) is 14.0. The Hall–Kier alpha value is -1.89. The van der Waals surface area contributed by atoms with Crippen molar-refractivity contribution in [1.29, 1.82) is 0 Å². The second-order valence-corrected chi connectivity index (χ2v) is 13.1. The van der Waals surface area contributed by atoms with Gasteiger partial charge in [0.2, 0.25) is 11.8 Å². The summed E-state index contributed by atoms with van der Waals surface area (Å²) in [4.78, 5) is 38.7. The molecule has 4 atom stereocenters. The van der Waals surface area contributed by atoms with Gasteiger partial charge in [0.05, 0.1) is 6.04 Å². The number of ketones is 1. The molecule has 0 aromatic heterocycles. The Morgan fingerprint density at radius 2 is 1.75 bits per heavy atom. The topological polar surface area (TPSA) is 113 Å². The van der Waals surface area contributed by atoms with Crippen molar-refractivity contribution in [3.05, 3.63) is 11.3 Å². The zero-order valence-electron chi connectivity index (χ0n) is 24.1. The first-order valence-electron chi connectivity index (χ1n) is 14.0. The average Bonchev–Trinajstić information content (AvgIpc) is 2.99. The van der Waals surface area contributed by atoms with Crippen molar-refractivity contribution in [2.45, 2.75) is 112 Å². The van der Waals surface area contributed by atoms with Gasteiger partial charge in [-0.15, -0.1) is 0 Å². The Morgan fingerprint density at radius 3 is 2.33 bits per heavy atom. The molecule has 7 nitrogen and oxygen atoms in total. The minimum atomic E-state index is -0.520. The van der Waals surface area contributed by atoms with Gasteiger partial charge in [0, 0.05) is 35.9 Å². The Balaban J connectivity index is 1.96. The zero-order valence-corrected chi connectivity index (χ0v) is 24.1. The fourth-order valence-electron chi connectivity index (χ4n) is 5.35. The van der Waals surface area contributed by atoms with Gasteiger partial charge in [-0.25, -0.2) is 0 Å². The van der Waals surface area contributed by atoms with Crippen LogP contribution in [0.1, 0.15) is 100 Å². The number of Topliss-reactive ketones (excluding diaryl/α,β-unsaturated/α-hetero) is 1. The van der Waals surface area contributed by atoms with E-state index < -0.39 is 11.5 Å². The molecule has 36 heavy (non-hydrogen) atoms. The van der Waals surface area contributed by atoms with E-state index in [1.54, 1.807) is 0 Å². The molecule has 206 valence electrons. The van der Waals surface area contributed by atoms with Crippen LogP contribution in [0.5, 0.6) is 0 Å². The molecular weight excluding hydrogens is 452 g/mol. The van der Waals surface area contributed by atoms with E-state index in [0.29, 0.717) is 31.2 Å². The minimum absolute atomic E-state index is 0.0424. The summed E-state index contributed by atoms with van der Waals surface area (Å²) >= 11 is 0. The third-order valence-corrected chi connectivity index (χ3v) is 8.06. The number of hydrogen-bond acceptors (Lipinski definition) is 5. The summed E-state index contributed by atoms with van der Waals surface area (Å²) in [6.07, 6.45) is 5.53. The van der Waals surface area contributed by atoms with Gasteiger partial charge in [-0.05, 0) is 62.0 Å². The maximum atomic E-state index is 13.3. The van der Waals surface area contributed by atoms with E-state index in [0.717, 1.165) is 38.6 Å². The lowest BCUT2D eigenvalue weighted by molar-refractivity contribution is -0.133. The number of allylic oxidation sites excluding steroid dienone is 1. The fourth-order valence-corrected chi connectivity index (χ4v) is 5.35. The molecule has 0 saturated heterocycles. The minimum Gasteiger partial charge on any atom is -0.376 e. The number of unbranched alkanes of at least 4 members (excludes halogenated alkanes) is 1. The van der Waals surface area contributed by atoms with Crippen LogP contribution in [-0.4, -0.2) is 42.8 Å². The van der Waals surface area contributed by atoms with E-state index in [-0.39, 0.29) is 35.0 Å². The average molecular weight is 505 g/mol. The molecule has 1 aliphatic carbocycles. The Kier molecular flexibility index (Phi) is 10.6. The number of carbonyl (C=O) groups is 3. The highest BCUT2D eigenvalue weighted by molar-refractivity contribution is 5.94. The highest BCUT2D eigenvalue weighted by Gasteiger charge is 2.49. The number of nitrogens with two attached hydrogens (primary N) is 1. The predicted molar refractivity (Wildman–Crippen MR) is 146 cm³/mol. The van der Waals surface area contributed by atoms with Crippen LogP contribution in [0.15, 0.2) is 11.3 Å². The van der Waals surface area contributed by atoms with Crippen LogP contribution in [0.4, 0.5) is 0 Å². The smallest absolute Gasteiger partial charge is 0.243 e. The fraction of sp³-hybridized carbons (Fsp3) is 0.828. The van der Waals surface area contributed by atoms with E-state index in [2.05, 4.69) is 50.6 Å². The van der Waals surface area contributed by atoms with E-state index >= 15 is 0 Å². The summed E-state index contributed by atoms with van der Waals surface area (Å²) in [5.74, 6) is 1.07. The maximum absolute atomic E-state index is 13.3. The van der Waals surface area contributed by atoms with Crippen molar-refractivity contribution in [3.8, 4) is 0 Å². The third kappa shape index (κ3) is 7.80. The van der Waals surface area contributed by atoms with Gasteiger partial charge < -0.3 is 21.7 Å². The summed E-state index contributed by atoms with van der Waals surface area (Å²) in [6.45, 7) is 17.9. The van der Waals surface area contributed by atoms with Gasteiger partial charge in [0.1, 0.15) is 6.04 Å². The molecule has 0 bridgehead atoms. The molecule has 0 aromatic carbocycles. The van der Waals surface area contributed by atoms with Gasteiger partial charge >= 0.3 is 0 Å². The number of rotatable bonds is 14. The highest BCUT2D eigenvalue weighted by Crippen LogP contribution is 2.52. The van der Waals surface area contributed by atoms with Crippen LogP contribution in [0.2, 0.25) is 0 Å². The molecular formula is C29H52N4O3. The number of amides is 2. The lowest BCUT2D eigenvalue weighted by atomic mass is 9.63. The van der Waals surface area contributed by atoms with E-state index in [1.807, 2.05) is 20.8 Å². The number of hydrogen-bond donors (Lipinski definition) is 4. The molecule has 0 spiro atoms. The van der Waals surface area contributed by atoms with Gasteiger partial charge in [-0.3, -0.25) is 14.4 Å². The molecule has 2 amide bonds. The first-order chi connectivity index (χ1) is 16.7. The monoisotopic (exact) mass is 504 g/mol. The normalized spacial score (nSPS) is 22.6. The van der Waals surface area contributed by atoms with Crippen molar-refractivity contribution in [2.75, 3.05) is 13.1 Å². The second kappa shape index (κ2) is 12.6. The molecule has 0 fully saturated rings. The Bertz CT molecular complexity index is 825. The highest BCUT2D eigenvalue weighted by atomic mass is 16.2. The van der Waals surface area contributed by atoms with Crippen LogP contribution < -0.4 is 21.7 Å². The third-order valence-electron chi connectivity index (χ3n) is 8.06. The summed E-state index contributed by atoms with van der Waals surface area (Å²) < 4.78 is 0. The molecule has 2 rings (SSSR count). The number of nitrogens with one attached hydrogen (secondary N) is 3. The summed E-state index contributed by atoms with van der Waals surface area (Å²) in [7, 11) is 0. The predicted octanol–water partition coefficient (Wildman–Crippen LogP) is 4.07. The largest absolute Gasteiger partial charge is 0.376 e. The van der Waals surface area contributed by atoms with Crippen LogP contribution >= 0.6 is 0 Å². The molecule has 3 unspecified atom stereocenters. The van der Waals surface area contributed by atoms with Crippen molar-refractivity contribution in [3.63, 3.8) is 0 Å². The van der Waals surface area contributed by atoms with Crippen LogP contribution in [0, 0.1) is 28.6 Å². The van der Waals surface area contributed by atoms with Crippen LogP contribution in [0.3, 0.4) is 0 Å². The quantitative estimate of drug-likeness (QED) is 0.266. The van der Waals surface area contributed by atoms with Gasteiger partial charge in [0.15, 0.2) is 5.78 Å². The summed E-state index contributed by atoms with van der Waals surface area (Å²) in [6, 6.07) is -0.854. The molecule has 1 aliphatic heterocycles. The summed E-state index contributed by atoms with van der Waals surface area (Å²) in [5, 5.41) is 9.63. The molecule has 2 aliphatic rings. The van der Waals surface area contributed by atoms with Gasteiger partial charge in [-0.2, -0.15) is 0 Å². The van der Waals surface area contributed by atoms with E-state index in [1.165, 1.54) is 11.3 Å². The molecule has 0 saturated carbocycles. The van der Waals surface area contributed by atoms with E-state index in [9.17, 15) is 14.4 Å². The zero-order chi connectivity index (χ0) is 27.3. The number of carbonyl (C=O) groups excluding carboxylic acids is 3. The van der Waals surface area contributed by atoms with Crippen LogP contribution in [0.25, 0.3) is 0 Å². The van der Waals surface area contributed by atoms with Crippen molar-refractivity contribution >= 4 is 17.6 Å². The SMILES string of the molecule is CC(C)CCNC(=O)CCC(C)(C)C1CC2=C1NC(C(=O)N[C@@H](CCCCN)C(=O)C(C)(C)C)C2C. The van der Waals surface area contributed by atoms with Gasteiger partial charge in [-0.1, -0.05) is 55.4 Å². The Morgan fingerprint density at radius 1 is 1.08 bits per heavy atom. The second-order valence-electron chi connectivity index (χ2n) is 13.1. The van der Waals surface area contributed by atoms with Crippen molar-refractivity contribution < 1.29 is 14.4 Å². The lowest BCUT2D eigenvalue weighted by Crippen LogP contribution is -2.52. The van der Waals surface area contributed by atoms with Crippen molar-refractivity contribution in [1.82, 2.24) is 16.0 Å². The molecule has 0 radical (unpaired) electrons. The van der Waals surface area contributed by atoms with E-state index in [4.69, 9.17) is 5.73 Å². The Labute approximate surface area is 219 Å². The standard InChI is InChI=1S/C29H52N4O3/c1-18(2)13-16-31-23(34)12-14-29(7,8)21-17-20-19(3)24(33-25(20)21)27(36)32-22(11-9-10-15-30)26(35)28(4,5)6/h18-19,21-22,24,33H,9-17,30H2,1-8H3,(H,31,34)(H,32,36)/t19?,21?,22-,24?/m0/s1. The maximum Gasteiger partial charge on any atom is 0.243 e. The van der Waals surface area contributed by atoms with Crippen LogP contribution in [-0.2, 0) is 14.4 Å². The molecule has 1 heterocycles.